The van der Waals surface area contributed by atoms with Gasteiger partial charge in [-0.2, -0.15) is 18.3 Å². The lowest BCUT2D eigenvalue weighted by atomic mass is 10.0. The minimum Gasteiger partial charge on any atom is -0.378 e. The topological polar surface area (TPSA) is 78.0 Å². The molecule has 0 aliphatic heterocycles. The van der Waals surface area contributed by atoms with Crippen molar-refractivity contribution in [3.05, 3.63) is 71.5 Å². The molecule has 10 heteroatoms. The van der Waals surface area contributed by atoms with Crippen LogP contribution in [-0.2, 0) is 23.9 Å². The van der Waals surface area contributed by atoms with Crippen molar-refractivity contribution in [2.75, 3.05) is 19.0 Å². The number of anilines is 1. The number of nitrogens with zero attached hydrogens (tertiary/aromatic N) is 3. The van der Waals surface area contributed by atoms with Gasteiger partial charge in [0.05, 0.1) is 23.9 Å². The molecule has 168 valence electrons. The van der Waals surface area contributed by atoms with Gasteiger partial charge >= 0.3 is 6.18 Å². The van der Waals surface area contributed by atoms with Crippen molar-refractivity contribution in [2.45, 2.75) is 25.2 Å². The van der Waals surface area contributed by atoms with Crippen LogP contribution in [0.4, 0.5) is 18.3 Å². The quantitative estimate of drug-likeness (QED) is 0.400. The maximum Gasteiger partial charge on any atom is 0.416 e. The van der Waals surface area contributed by atoms with E-state index in [2.05, 4.69) is 15.4 Å². The van der Waals surface area contributed by atoms with Gasteiger partial charge in [-0.3, -0.25) is 0 Å². The standard InChI is InChI=1S/C22H22F3N5OS/c1-31-13-18-20(30-19-5-3-2-4-15(19)11-28-30)32-21(29-18)27-12-17(26)10-14-6-8-16(9-7-14)22(23,24)25/h2-9,11,17H,10,12-13,26H2,1H3,(H,27,29). The Kier molecular flexibility index (Phi) is 6.45. The lowest BCUT2D eigenvalue weighted by Crippen LogP contribution is -2.31. The molecule has 4 aromatic rings. The maximum absolute atomic E-state index is 12.7. The number of ether oxygens (including phenoxy) is 1. The number of nitrogens with one attached hydrogen (secondary N) is 1. The number of hydrogen-bond acceptors (Lipinski definition) is 6. The molecule has 0 aliphatic rings. The molecule has 2 aromatic carbocycles. The van der Waals surface area contributed by atoms with Crippen LogP contribution in [0, 0.1) is 0 Å². The Labute approximate surface area is 186 Å². The van der Waals surface area contributed by atoms with E-state index in [9.17, 15) is 13.2 Å². The second kappa shape index (κ2) is 9.27. The molecule has 6 nitrogen and oxygen atoms in total. The highest BCUT2D eigenvalue weighted by Crippen LogP contribution is 2.31. The number of rotatable bonds is 8. The molecule has 0 radical (unpaired) electrons. The van der Waals surface area contributed by atoms with E-state index in [1.165, 1.54) is 23.5 Å². The zero-order chi connectivity index (χ0) is 22.7. The Morgan fingerprint density at radius 1 is 1.16 bits per heavy atom. The van der Waals surface area contributed by atoms with Gasteiger partial charge in [0.2, 0.25) is 0 Å². The molecule has 0 saturated carbocycles. The fraction of sp³-hybridized carbons (Fsp3) is 0.273. The van der Waals surface area contributed by atoms with Gasteiger partial charge in [-0.25, -0.2) is 9.67 Å². The first-order valence-corrected chi connectivity index (χ1v) is 10.7. The number of aromatic nitrogens is 3. The van der Waals surface area contributed by atoms with Crippen LogP contribution in [0.2, 0.25) is 0 Å². The van der Waals surface area contributed by atoms with Gasteiger partial charge in [0.15, 0.2) is 5.13 Å². The predicted octanol–water partition coefficient (Wildman–Crippen LogP) is 4.63. The van der Waals surface area contributed by atoms with Gasteiger partial charge in [0.1, 0.15) is 10.7 Å². The fourth-order valence-corrected chi connectivity index (χ4v) is 4.32. The van der Waals surface area contributed by atoms with Crippen molar-refractivity contribution in [2.24, 2.45) is 5.73 Å². The monoisotopic (exact) mass is 461 g/mol. The summed E-state index contributed by atoms with van der Waals surface area (Å²) < 4.78 is 45.3. The summed E-state index contributed by atoms with van der Waals surface area (Å²) in [5.41, 5.74) is 8.00. The maximum atomic E-state index is 12.7. The summed E-state index contributed by atoms with van der Waals surface area (Å²) in [6, 6.07) is 12.7. The summed E-state index contributed by atoms with van der Waals surface area (Å²) in [6.45, 7) is 0.750. The van der Waals surface area contributed by atoms with E-state index in [4.69, 9.17) is 10.5 Å². The van der Waals surface area contributed by atoms with Crippen LogP contribution in [-0.4, -0.2) is 34.5 Å². The Morgan fingerprint density at radius 2 is 1.91 bits per heavy atom. The van der Waals surface area contributed by atoms with E-state index >= 15 is 0 Å². The Morgan fingerprint density at radius 3 is 2.62 bits per heavy atom. The molecule has 0 bridgehead atoms. The van der Waals surface area contributed by atoms with Crippen LogP contribution in [0.25, 0.3) is 15.9 Å². The highest BCUT2D eigenvalue weighted by atomic mass is 32.1. The Bertz CT molecular complexity index is 1190. The van der Waals surface area contributed by atoms with Crippen molar-refractivity contribution in [1.82, 2.24) is 14.8 Å². The minimum atomic E-state index is -4.34. The molecule has 2 aromatic heterocycles. The largest absolute Gasteiger partial charge is 0.416 e. The molecular formula is C22H22F3N5OS. The number of para-hydroxylation sites is 1. The van der Waals surface area contributed by atoms with E-state index < -0.39 is 11.7 Å². The minimum absolute atomic E-state index is 0.296. The number of halogens is 3. The molecular weight excluding hydrogens is 439 g/mol. The van der Waals surface area contributed by atoms with Crippen molar-refractivity contribution in [3.8, 4) is 5.00 Å². The molecule has 0 amide bonds. The molecule has 0 aliphatic carbocycles. The predicted molar refractivity (Wildman–Crippen MR) is 119 cm³/mol. The molecule has 0 saturated heterocycles. The summed E-state index contributed by atoms with van der Waals surface area (Å²) in [5, 5.41) is 10.3. The number of hydrogen-bond donors (Lipinski definition) is 2. The average molecular weight is 462 g/mol. The average Bonchev–Trinajstić information content (AvgIpc) is 3.36. The molecule has 2 heterocycles. The third kappa shape index (κ3) is 4.93. The first-order chi connectivity index (χ1) is 15.3. The highest BCUT2D eigenvalue weighted by molar-refractivity contribution is 7.18. The van der Waals surface area contributed by atoms with Crippen LogP contribution in [0.3, 0.4) is 0 Å². The van der Waals surface area contributed by atoms with Crippen LogP contribution in [0.5, 0.6) is 0 Å². The van der Waals surface area contributed by atoms with Crippen LogP contribution in [0.1, 0.15) is 16.8 Å². The van der Waals surface area contributed by atoms with Gasteiger partial charge < -0.3 is 15.8 Å². The first kappa shape index (κ1) is 22.3. The van der Waals surface area contributed by atoms with E-state index in [-0.39, 0.29) is 6.04 Å². The van der Waals surface area contributed by atoms with E-state index in [0.29, 0.717) is 24.7 Å². The second-order valence-corrected chi connectivity index (χ2v) is 8.34. The third-order valence-corrected chi connectivity index (χ3v) is 5.95. The van der Waals surface area contributed by atoms with Gasteiger partial charge in [0, 0.05) is 25.1 Å². The molecule has 0 fully saturated rings. The number of fused-ring (bicyclic) bond motifs is 1. The summed E-state index contributed by atoms with van der Waals surface area (Å²) in [6.07, 6.45) is -2.10. The molecule has 3 N–H and O–H groups in total. The number of methoxy groups -OCH3 is 1. The Balaban J connectivity index is 1.45. The Hall–Kier alpha value is -2.95. The normalized spacial score (nSPS) is 12.9. The van der Waals surface area contributed by atoms with E-state index in [0.717, 1.165) is 39.3 Å². The lowest BCUT2D eigenvalue weighted by molar-refractivity contribution is -0.137. The van der Waals surface area contributed by atoms with E-state index in [1.54, 1.807) is 13.3 Å². The zero-order valence-electron chi connectivity index (χ0n) is 17.3. The van der Waals surface area contributed by atoms with Crippen LogP contribution < -0.4 is 11.1 Å². The second-order valence-electron chi connectivity index (χ2n) is 7.36. The summed E-state index contributed by atoms with van der Waals surface area (Å²) in [5.74, 6) is 0. The van der Waals surface area contributed by atoms with Gasteiger partial charge in [-0.1, -0.05) is 41.7 Å². The number of thiazole rings is 1. The van der Waals surface area contributed by atoms with Crippen molar-refractivity contribution >= 4 is 27.4 Å². The number of nitrogens with two attached hydrogens (primary N) is 1. The van der Waals surface area contributed by atoms with Gasteiger partial charge in [-0.15, -0.1) is 0 Å². The van der Waals surface area contributed by atoms with Crippen LogP contribution in [0.15, 0.2) is 54.7 Å². The fourth-order valence-electron chi connectivity index (χ4n) is 3.37. The van der Waals surface area contributed by atoms with Crippen molar-refractivity contribution in [3.63, 3.8) is 0 Å². The zero-order valence-corrected chi connectivity index (χ0v) is 18.1. The van der Waals surface area contributed by atoms with Crippen molar-refractivity contribution in [1.29, 1.82) is 0 Å². The van der Waals surface area contributed by atoms with Gasteiger partial charge in [0.25, 0.3) is 0 Å². The molecule has 1 atom stereocenters. The van der Waals surface area contributed by atoms with Crippen LogP contribution >= 0.6 is 11.3 Å². The molecule has 1 unspecified atom stereocenters. The highest BCUT2D eigenvalue weighted by Gasteiger charge is 2.30. The van der Waals surface area contributed by atoms with Crippen molar-refractivity contribution < 1.29 is 17.9 Å². The smallest absolute Gasteiger partial charge is 0.378 e. The molecule has 0 spiro atoms. The summed E-state index contributed by atoms with van der Waals surface area (Å²) >= 11 is 1.44. The number of alkyl halides is 3. The molecule has 4 rings (SSSR count). The van der Waals surface area contributed by atoms with Gasteiger partial charge in [-0.05, 0) is 30.2 Å². The lowest BCUT2D eigenvalue weighted by Gasteiger charge is -2.13. The van der Waals surface area contributed by atoms with E-state index in [1.807, 2.05) is 28.9 Å². The third-order valence-electron chi connectivity index (χ3n) is 4.92. The first-order valence-electron chi connectivity index (χ1n) is 9.92. The summed E-state index contributed by atoms with van der Waals surface area (Å²) in [4.78, 5) is 4.62. The summed E-state index contributed by atoms with van der Waals surface area (Å²) in [7, 11) is 1.61. The molecule has 32 heavy (non-hydrogen) atoms. The SMILES string of the molecule is COCc1nc(NCC(N)Cc2ccc(C(F)(F)F)cc2)sc1-n1ncc2ccccc21. The number of benzene rings is 2.